The number of rotatable bonds is 4. The summed E-state index contributed by atoms with van der Waals surface area (Å²) in [5.74, 6) is -0.409. The van der Waals surface area contributed by atoms with Crippen LogP contribution in [0.1, 0.15) is 21.5 Å². The van der Waals surface area contributed by atoms with Crippen LogP contribution in [0.4, 0.5) is 5.69 Å². The molecule has 3 rings (SSSR count). The van der Waals surface area contributed by atoms with Gasteiger partial charge in [-0.05, 0) is 49.2 Å². The Hall–Kier alpha value is -3.22. The van der Waals surface area contributed by atoms with Gasteiger partial charge in [-0.3, -0.25) is 0 Å². The van der Waals surface area contributed by atoms with Crippen molar-refractivity contribution in [2.75, 3.05) is 14.2 Å². The number of nitrogens with zero attached hydrogens (tertiary/aromatic N) is 4. The van der Waals surface area contributed by atoms with Crippen LogP contribution >= 0.6 is 0 Å². The number of methoxy groups -OCH3 is 2. The maximum Gasteiger partial charge on any atom is 0.337 e. The molecule has 25 heavy (non-hydrogen) atoms. The standard InChI is InChI=1S/C18H18N4O3/c1-11-7-12(2)17(19-10-24-3)16(8-11)22-20-14-6-5-13(18(23)25-4)9-15(14)21-22/h5-10H,1-4H3/b19-10+. The fraction of sp³-hybridized carbons (Fsp3) is 0.222. The lowest BCUT2D eigenvalue weighted by Crippen LogP contribution is -2.01. The SMILES string of the molecule is CO/C=N/c1c(C)cc(C)cc1-n1nc2ccc(C(=O)OC)cc2n1. The summed E-state index contributed by atoms with van der Waals surface area (Å²) in [4.78, 5) is 17.6. The van der Waals surface area contributed by atoms with E-state index >= 15 is 0 Å². The van der Waals surface area contributed by atoms with Crippen molar-refractivity contribution in [2.45, 2.75) is 13.8 Å². The van der Waals surface area contributed by atoms with Crippen LogP contribution in [-0.4, -0.2) is 41.6 Å². The lowest BCUT2D eigenvalue weighted by molar-refractivity contribution is 0.0601. The molecule has 1 aromatic heterocycles. The molecule has 0 atom stereocenters. The molecule has 0 N–H and O–H groups in total. The van der Waals surface area contributed by atoms with E-state index in [2.05, 4.69) is 15.2 Å². The number of hydrogen-bond donors (Lipinski definition) is 0. The molecule has 0 bridgehead atoms. The third-order valence-corrected chi connectivity index (χ3v) is 3.73. The average Bonchev–Trinajstić information content (AvgIpc) is 3.02. The predicted molar refractivity (Wildman–Crippen MR) is 94.8 cm³/mol. The fourth-order valence-electron chi connectivity index (χ4n) is 2.63. The quantitative estimate of drug-likeness (QED) is 0.415. The first-order chi connectivity index (χ1) is 12.0. The second-order valence-corrected chi connectivity index (χ2v) is 5.60. The molecular formula is C18H18N4O3. The molecule has 0 unspecified atom stereocenters. The average molecular weight is 338 g/mol. The number of aliphatic imine (C=N–C) groups is 1. The highest BCUT2D eigenvalue weighted by Gasteiger charge is 2.14. The molecule has 0 aliphatic rings. The van der Waals surface area contributed by atoms with Crippen molar-refractivity contribution in [3.63, 3.8) is 0 Å². The van der Waals surface area contributed by atoms with Crippen molar-refractivity contribution >= 4 is 29.1 Å². The van der Waals surface area contributed by atoms with Gasteiger partial charge in [-0.25, -0.2) is 9.79 Å². The zero-order chi connectivity index (χ0) is 18.0. The molecule has 0 aliphatic carbocycles. The maximum atomic E-state index is 11.7. The number of carbonyl (C=O) groups excluding carboxylic acids is 1. The van der Waals surface area contributed by atoms with Crippen molar-refractivity contribution in [1.82, 2.24) is 15.0 Å². The highest BCUT2D eigenvalue weighted by molar-refractivity contribution is 5.93. The van der Waals surface area contributed by atoms with Gasteiger partial charge >= 0.3 is 5.97 Å². The van der Waals surface area contributed by atoms with Gasteiger partial charge in [0.2, 0.25) is 0 Å². The first-order valence-electron chi connectivity index (χ1n) is 7.66. The van der Waals surface area contributed by atoms with E-state index in [4.69, 9.17) is 9.47 Å². The van der Waals surface area contributed by atoms with Crippen LogP contribution in [0.2, 0.25) is 0 Å². The van der Waals surface area contributed by atoms with E-state index in [0.29, 0.717) is 16.6 Å². The Morgan fingerprint density at radius 3 is 2.60 bits per heavy atom. The minimum atomic E-state index is -0.409. The number of aromatic nitrogens is 3. The Labute approximate surface area is 144 Å². The number of esters is 1. The zero-order valence-corrected chi connectivity index (χ0v) is 14.5. The molecule has 0 saturated heterocycles. The number of hydrogen-bond acceptors (Lipinski definition) is 6. The summed E-state index contributed by atoms with van der Waals surface area (Å²) in [6.07, 6.45) is 1.37. The molecule has 128 valence electrons. The second-order valence-electron chi connectivity index (χ2n) is 5.60. The van der Waals surface area contributed by atoms with E-state index in [9.17, 15) is 4.79 Å². The summed E-state index contributed by atoms with van der Waals surface area (Å²) < 4.78 is 9.69. The van der Waals surface area contributed by atoms with Gasteiger partial charge in [0.15, 0.2) is 6.40 Å². The Kier molecular flexibility index (Phi) is 4.47. The topological polar surface area (TPSA) is 78.6 Å². The third-order valence-electron chi connectivity index (χ3n) is 3.73. The molecule has 0 fully saturated rings. The monoisotopic (exact) mass is 338 g/mol. The summed E-state index contributed by atoms with van der Waals surface area (Å²) in [6.45, 7) is 3.97. The molecule has 0 spiro atoms. The molecule has 7 nitrogen and oxygen atoms in total. The van der Waals surface area contributed by atoms with Gasteiger partial charge in [0, 0.05) is 0 Å². The number of aryl methyl sites for hydroxylation is 2. The van der Waals surface area contributed by atoms with Crippen LogP contribution in [0.3, 0.4) is 0 Å². The van der Waals surface area contributed by atoms with Gasteiger partial charge in [0.25, 0.3) is 0 Å². The third kappa shape index (κ3) is 3.21. The van der Waals surface area contributed by atoms with Crippen LogP contribution in [-0.2, 0) is 9.47 Å². The molecule has 0 radical (unpaired) electrons. The van der Waals surface area contributed by atoms with Crippen LogP contribution in [0.25, 0.3) is 16.7 Å². The highest BCUT2D eigenvalue weighted by Crippen LogP contribution is 2.29. The fourth-order valence-corrected chi connectivity index (χ4v) is 2.63. The van der Waals surface area contributed by atoms with Crippen LogP contribution in [0, 0.1) is 13.8 Å². The van der Waals surface area contributed by atoms with Gasteiger partial charge in [0.1, 0.15) is 16.7 Å². The molecule has 3 aromatic rings. The zero-order valence-electron chi connectivity index (χ0n) is 14.5. The molecule has 0 amide bonds. The lowest BCUT2D eigenvalue weighted by Gasteiger charge is -2.09. The number of ether oxygens (including phenoxy) is 2. The van der Waals surface area contributed by atoms with Crippen LogP contribution in [0.15, 0.2) is 35.3 Å². The number of fused-ring (bicyclic) bond motifs is 1. The van der Waals surface area contributed by atoms with Crippen molar-refractivity contribution in [1.29, 1.82) is 0 Å². The molecule has 0 saturated carbocycles. The van der Waals surface area contributed by atoms with Gasteiger partial charge in [-0.1, -0.05) is 6.07 Å². The summed E-state index contributed by atoms with van der Waals surface area (Å²) in [6, 6.07) is 9.05. The number of carbonyl (C=O) groups is 1. The first-order valence-corrected chi connectivity index (χ1v) is 7.66. The van der Waals surface area contributed by atoms with Crippen LogP contribution in [0.5, 0.6) is 0 Å². The van der Waals surface area contributed by atoms with Crippen molar-refractivity contribution in [3.05, 3.63) is 47.0 Å². The van der Waals surface area contributed by atoms with E-state index in [1.165, 1.54) is 18.3 Å². The van der Waals surface area contributed by atoms with Gasteiger partial charge in [0.05, 0.1) is 25.5 Å². The largest absolute Gasteiger partial charge is 0.486 e. The van der Waals surface area contributed by atoms with E-state index in [1.54, 1.807) is 25.3 Å². The van der Waals surface area contributed by atoms with Crippen molar-refractivity contribution < 1.29 is 14.3 Å². The van der Waals surface area contributed by atoms with Crippen LogP contribution < -0.4 is 0 Å². The van der Waals surface area contributed by atoms with Gasteiger partial charge < -0.3 is 9.47 Å². The smallest absolute Gasteiger partial charge is 0.337 e. The van der Waals surface area contributed by atoms with Crippen molar-refractivity contribution in [3.8, 4) is 5.69 Å². The molecule has 0 aliphatic heterocycles. The first kappa shape index (κ1) is 16.6. The number of benzene rings is 2. The molecule has 7 heteroatoms. The summed E-state index contributed by atoms with van der Waals surface area (Å²) in [7, 11) is 2.89. The summed E-state index contributed by atoms with van der Waals surface area (Å²) in [5.41, 5.74) is 5.22. The van der Waals surface area contributed by atoms with Gasteiger partial charge in [-0.2, -0.15) is 0 Å². The highest BCUT2D eigenvalue weighted by atomic mass is 16.5. The molecule has 2 aromatic carbocycles. The molecule has 1 heterocycles. The van der Waals surface area contributed by atoms with E-state index in [1.807, 2.05) is 26.0 Å². The minimum Gasteiger partial charge on any atom is -0.486 e. The van der Waals surface area contributed by atoms with E-state index in [0.717, 1.165) is 22.5 Å². The van der Waals surface area contributed by atoms with Gasteiger partial charge in [-0.15, -0.1) is 15.0 Å². The molecular weight excluding hydrogens is 320 g/mol. The summed E-state index contributed by atoms with van der Waals surface area (Å²) in [5, 5.41) is 8.99. The predicted octanol–water partition coefficient (Wildman–Crippen LogP) is 3.13. The Balaban J connectivity index is 2.16. The van der Waals surface area contributed by atoms with E-state index in [-0.39, 0.29) is 0 Å². The Morgan fingerprint density at radius 2 is 1.88 bits per heavy atom. The lowest BCUT2D eigenvalue weighted by atomic mass is 10.1. The maximum absolute atomic E-state index is 11.7. The summed E-state index contributed by atoms with van der Waals surface area (Å²) >= 11 is 0. The second kappa shape index (κ2) is 6.72. The van der Waals surface area contributed by atoms with E-state index < -0.39 is 5.97 Å². The Morgan fingerprint density at radius 1 is 1.12 bits per heavy atom. The normalized spacial score (nSPS) is 11.2. The Bertz CT molecular complexity index is 976. The van der Waals surface area contributed by atoms with Crippen molar-refractivity contribution in [2.24, 2.45) is 4.99 Å². The minimum absolute atomic E-state index is 0.409.